The molecule has 6 nitrogen and oxygen atoms in total. The van der Waals surface area contributed by atoms with Gasteiger partial charge in [0.1, 0.15) is 12.1 Å². The van der Waals surface area contributed by atoms with Crippen molar-refractivity contribution in [3.63, 3.8) is 0 Å². The molecule has 5 aromatic rings. The number of aromatic nitrogens is 2. The van der Waals surface area contributed by atoms with Crippen molar-refractivity contribution in [3.05, 3.63) is 109 Å². The SMILES string of the molecule is Nc1ncnc2ccc(-c3ccc(NC(=O)c4ccccc4Nc4ccccc4)cc3)cc12. The molecule has 0 bridgehead atoms. The Balaban J connectivity index is 1.35. The number of anilines is 4. The van der Waals surface area contributed by atoms with E-state index in [4.69, 9.17) is 5.73 Å². The number of rotatable bonds is 5. The maximum Gasteiger partial charge on any atom is 0.257 e. The number of carbonyl (C=O) groups is 1. The maximum absolute atomic E-state index is 13.0. The molecule has 0 spiro atoms. The summed E-state index contributed by atoms with van der Waals surface area (Å²) in [6.07, 6.45) is 1.46. The zero-order valence-electron chi connectivity index (χ0n) is 17.7. The number of amides is 1. The number of nitrogen functional groups attached to an aromatic ring is 1. The van der Waals surface area contributed by atoms with Gasteiger partial charge in [-0.15, -0.1) is 0 Å². The van der Waals surface area contributed by atoms with Gasteiger partial charge in [0.2, 0.25) is 0 Å². The molecular weight excluding hydrogens is 410 g/mol. The lowest BCUT2D eigenvalue weighted by Crippen LogP contribution is -2.13. The van der Waals surface area contributed by atoms with Crippen LogP contribution in [0.1, 0.15) is 10.4 Å². The molecule has 1 aromatic heterocycles. The van der Waals surface area contributed by atoms with Crippen molar-refractivity contribution in [1.29, 1.82) is 0 Å². The van der Waals surface area contributed by atoms with E-state index < -0.39 is 0 Å². The highest BCUT2D eigenvalue weighted by Gasteiger charge is 2.12. The molecule has 0 saturated carbocycles. The summed E-state index contributed by atoms with van der Waals surface area (Å²) < 4.78 is 0. The molecule has 0 atom stereocenters. The molecule has 0 aliphatic rings. The van der Waals surface area contributed by atoms with E-state index in [9.17, 15) is 4.79 Å². The standard InChI is InChI=1S/C27H21N5O/c28-26-23-16-19(12-15-24(23)29-17-30-26)18-10-13-21(14-11-18)32-27(33)22-8-4-5-9-25(22)31-20-6-2-1-3-7-20/h1-17,31H,(H,32,33)(H2,28,29,30). The number of nitrogens with two attached hydrogens (primary N) is 1. The molecule has 4 aromatic carbocycles. The Bertz CT molecular complexity index is 1430. The molecule has 0 radical (unpaired) electrons. The molecule has 33 heavy (non-hydrogen) atoms. The van der Waals surface area contributed by atoms with Crippen LogP contribution >= 0.6 is 0 Å². The predicted molar refractivity (Wildman–Crippen MR) is 134 cm³/mol. The Morgan fingerprint density at radius 2 is 1.45 bits per heavy atom. The molecule has 4 N–H and O–H groups in total. The normalized spacial score (nSPS) is 10.7. The summed E-state index contributed by atoms with van der Waals surface area (Å²) in [4.78, 5) is 21.3. The van der Waals surface area contributed by atoms with Crippen molar-refractivity contribution >= 4 is 39.7 Å². The van der Waals surface area contributed by atoms with E-state index in [1.54, 1.807) is 6.07 Å². The van der Waals surface area contributed by atoms with Crippen LogP contribution in [0.3, 0.4) is 0 Å². The van der Waals surface area contributed by atoms with Gasteiger partial charge in [-0.05, 0) is 59.7 Å². The zero-order chi connectivity index (χ0) is 22.6. The second-order valence-electron chi connectivity index (χ2n) is 7.56. The van der Waals surface area contributed by atoms with Gasteiger partial charge in [-0.3, -0.25) is 4.79 Å². The monoisotopic (exact) mass is 431 g/mol. The third-order valence-electron chi connectivity index (χ3n) is 5.37. The number of para-hydroxylation sites is 2. The van der Waals surface area contributed by atoms with Gasteiger partial charge in [0.05, 0.1) is 16.8 Å². The van der Waals surface area contributed by atoms with Crippen LogP contribution in [0.4, 0.5) is 22.9 Å². The smallest absolute Gasteiger partial charge is 0.257 e. The van der Waals surface area contributed by atoms with Crippen molar-refractivity contribution in [2.45, 2.75) is 0 Å². The van der Waals surface area contributed by atoms with E-state index in [1.807, 2.05) is 91.0 Å². The number of fused-ring (bicyclic) bond motifs is 1. The van der Waals surface area contributed by atoms with E-state index in [0.29, 0.717) is 17.1 Å². The fourth-order valence-electron chi connectivity index (χ4n) is 3.67. The third-order valence-corrected chi connectivity index (χ3v) is 5.37. The summed E-state index contributed by atoms with van der Waals surface area (Å²) in [5.41, 5.74) is 11.7. The van der Waals surface area contributed by atoms with Gasteiger partial charge >= 0.3 is 0 Å². The number of carbonyl (C=O) groups excluding carboxylic acids is 1. The van der Waals surface area contributed by atoms with E-state index in [1.165, 1.54) is 6.33 Å². The summed E-state index contributed by atoms with van der Waals surface area (Å²) in [5.74, 6) is 0.269. The van der Waals surface area contributed by atoms with Gasteiger partial charge in [-0.25, -0.2) is 9.97 Å². The van der Waals surface area contributed by atoms with Gasteiger partial charge < -0.3 is 16.4 Å². The van der Waals surface area contributed by atoms with Crippen molar-refractivity contribution in [2.24, 2.45) is 0 Å². The van der Waals surface area contributed by atoms with Crippen LogP contribution < -0.4 is 16.4 Å². The Kier molecular flexibility index (Phi) is 5.39. The predicted octanol–water partition coefficient (Wildman–Crippen LogP) is 5.87. The Labute approximate surface area is 191 Å². The topological polar surface area (TPSA) is 92.9 Å². The van der Waals surface area contributed by atoms with Crippen LogP contribution in [0, 0.1) is 0 Å². The summed E-state index contributed by atoms with van der Waals surface area (Å²) in [6, 6.07) is 30.8. The van der Waals surface area contributed by atoms with E-state index >= 15 is 0 Å². The van der Waals surface area contributed by atoms with E-state index in [0.717, 1.165) is 33.4 Å². The van der Waals surface area contributed by atoms with Gasteiger partial charge in [-0.1, -0.05) is 48.5 Å². The van der Waals surface area contributed by atoms with Crippen LogP contribution in [0.25, 0.3) is 22.0 Å². The number of nitrogens with one attached hydrogen (secondary N) is 2. The largest absolute Gasteiger partial charge is 0.383 e. The highest BCUT2D eigenvalue weighted by atomic mass is 16.1. The lowest BCUT2D eigenvalue weighted by molar-refractivity contribution is 0.102. The first-order valence-corrected chi connectivity index (χ1v) is 10.5. The van der Waals surface area contributed by atoms with Crippen molar-refractivity contribution < 1.29 is 4.79 Å². The van der Waals surface area contributed by atoms with Crippen molar-refractivity contribution in [1.82, 2.24) is 9.97 Å². The van der Waals surface area contributed by atoms with Crippen LogP contribution in [0.15, 0.2) is 103 Å². The van der Waals surface area contributed by atoms with Gasteiger partial charge in [0, 0.05) is 16.8 Å². The highest BCUT2D eigenvalue weighted by molar-refractivity contribution is 6.08. The first-order valence-electron chi connectivity index (χ1n) is 10.5. The fraction of sp³-hybridized carbons (Fsp3) is 0. The second-order valence-corrected chi connectivity index (χ2v) is 7.56. The summed E-state index contributed by atoms with van der Waals surface area (Å²) in [5, 5.41) is 7.11. The van der Waals surface area contributed by atoms with Gasteiger partial charge in [-0.2, -0.15) is 0 Å². The molecule has 0 unspecified atom stereocenters. The fourth-order valence-corrected chi connectivity index (χ4v) is 3.67. The summed E-state index contributed by atoms with van der Waals surface area (Å²) in [6.45, 7) is 0. The van der Waals surface area contributed by atoms with Crippen molar-refractivity contribution in [3.8, 4) is 11.1 Å². The average Bonchev–Trinajstić information content (AvgIpc) is 2.85. The minimum absolute atomic E-state index is 0.183. The molecule has 0 saturated heterocycles. The van der Waals surface area contributed by atoms with Crippen LogP contribution in [0.2, 0.25) is 0 Å². The Morgan fingerprint density at radius 1 is 0.727 bits per heavy atom. The number of nitrogens with zero attached hydrogens (tertiary/aromatic N) is 2. The molecule has 1 amide bonds. The molecule has 6 heteroatoms. The minimum Gasteiger partial charge on any atom is -0.383 e. The molecule has 0 fully saturated rings. The first kappa shape index (κ1) is 20.2. The highest BCUT2D eigenvalue weighted by Crippen LogP contribution is 2.27. The zero-order valence-corrected chi connectivity index (χ0v) is 17.7. The van der Waals surface area contributed by atoms with E-state index in [2.05, 4.69) is 20.6 Å². The van der Waals surface area contributed by atoms with Crippen molar-refractivity contribution in [2.75, 3.05) is 16.4 Å². The van der Waals surface area contributed by atoms with Crippen LogP contribution in [0.5, 0.6) is 0 Å². The molecule has 0 aliphatic carbocycles. The maximum atomic E-state index is 13.0. The Morgan fingerprint density at radius 3 is 2.27 bits per heavy atom. The first-order chi connectivity index (χ1) is 16.2. The molecule has 160 valence electrons. The van der Waals surface area contributed by atoms with E-state index in [-0.39, 0.29) is 5.91 Å². The quantitative estimate of drug-likeness (QED) is 0.323. The molecule has 5 rings (SSSR count). The molecule has 1 heterocycles. The van der Waals surface area contributed by atoms with Crippen LogP contribution in [-0.2, 0) is 0 Å². The number of benzene rings is 4. The number of hydrogen-bond donors (Lipinski definition) is 3. The lowest BCUT2D eigenvalue weighted by atomic mass is 10.0. The van der Waals surface area contributed by atoms with Gasteiger partial charge in [0.25, 0.3) is 5.91 Å². The molecule has 0 aliphatic heterocycles. The van der Waals surface area contributed by atoms with Gasteiger partial charge in [0.15, 0.2) is 0 Å². The van der Waals surface area contributed by atoms with Crippen LogP contribution in [-0.4, -0.2) is 15.9 Å². The minimum atomic E-state index is -0.183. The number of hydrogen-bond acceptors (Lipinski definition) is 5. The summed E-state index contributed by atoms with van der Waals surface area (Å²) >= 11 is 0. The molecular formula is C27H21N5O. The summed E-state index contributed by atoms with van der Waals surface area (Å²) in [7, 11) is 0. The Hall–Kier alpha value is -4.71. The lowest BCUT2D eigenvalue weighted by Gasteiger charge is -2.13. The average molecular weight is 431 g/mol. The second kappa shape index (κ2) is 8.80. The third kappa shape index (κ3) is 4.36.